The molecule has 2 heterocycles. The number of carbonyl (C=O) groups excluding carboxylic acids is 2. The first-order valence-corrected chi connectivity index (χ1v) is 8.03. The SMILES string of the molecule is CC[C@@H](NC(=O)C1CC(=O)NC(C)N1)c1ccc2c(c1)OC(F)(F)O2. The van der Waals surface area contributed by atoms with Crippen molar-refractivity contribution >= 4 is 11.8 Å². The van der Waals surface area contributed by atoms with Gasteiger partial charge in [0.05, 0.1) is 24.7 Å². The van der Waals surface area contributed by atoms with Gasteiger partial charge in [-0.05, 0) is 31.0 Å². The zero-order chi connectivity index (χ0) is 18.2. The third kappa shape index (κ3) is 3.81. The van der Waals surface area contributed by atoms with Crippen molar-refractivity contribution in [2.24, 2.45) is 0 Å². The fourth-order valence-electron chi connectivity index (χ4n) is 2.93. The number of hydrogen-bond donors (Lipinski definition) is 3. The van der Waals surface area contributed by atoms with E-state index < -0.39 is 18.4 Å². The summed E-state index contributed by atoms with van der Waals surface area (Å²) >= 11 is 0. The summed E-state index contributed by atoms with van der Waals surface area (Å²) in [6, 6.07) is 3.36. The third-order valence-corrected chi connectivity index (χ3v) is 4.09. The Morgan fingerprint density at radius 3 is 2.80 bits per heavy atom. The van der Waals surface area contributed by atoms with E-state index in [2.05, 4.69) is 25.4 Å². The zero-order valence-electron chi connectivity index (χ0n) is 13.8. The van der Waals surface area contributed by atoms with Gasteiger partial charge in [0, 0.05) is 0 Å². The highest BCUT2D eigenvalue weighted by Crippen LogP contribution is 2.42. The Morgan fingerprint density at radius 1 is 1.40 bits per heavy atom. The Morgan fingerprint density at radius 2 is 2.12 bits per heavy atom. The minimum Gasteiger partial charge on any atom is -0.395 e. The summed E-state index contributed by atoms with van der Waals surface area (Å²) in [5, 5.41) is 8.50. The van der Waals surface area contributed by atoms with E-state index in [1.54, 1.807) is 13.0 Å². The van der Waals surface area contributed by atoms with E-state index in [1.807, 2.05) is 6.92 Å². The van der Waals surface area contributed by atoms with E-state index in [1.165, 1.54) is 12.1 Å². The van der Waals surface area contributed by atoms with E-state index in [9.17, 15) is 18.4 Å². The average Bonchev–Trinajstić information content (AvgIpc) is 2.84. The third-order valence-electron chi connectivity index (χ3n) is 4.09. The summed E-state index contributed by atoms with van der Waals surface area (Å²) in [5.74, 6) is -0.644. The van der Waals surface area contributed by atoms with Crippen molar-refractivity contribution in [1.82, 2.24) is 16.0 Å². The van der Waals surface area contributed by atoms with Gasteiger partial charge in [-0.15, -0.1) is 8.78 Å². The van der Waals surface area contributed by atoms with Gasteiger partial charge in [-0.25, -0.2) is 0 Å². The molecule has 0 spiro atoms. The quantitative estimate of drug-likeness (QED) is 0.760. The van der Waals surface area contributed by atoms with Crippen LogP contribution >= 0.6 is 0 Å². The summed E-state index contributed by atoms with van der Waals surface area (Å²) < 4.78 is 35.0. The zero-order valence-corrected chi connectivity index (χ0v) is 13.8. The van der Waals surface area contributed by atoms with Crippen LogP contribution in [0.5, 0.6) is 11.5 Å². The normalized spacial score (nSPS) is 25.2. The predicted molar refractivity (Wildman–Crippen MR) is 83.0 cm³/mol. The van der Waals surface area contributed by atoms with Gasteiger partial charge >= 0.3 is 6.29 Å². The molecule has 0 bridgehead atoms. The first kappa shape index (κ1) is 17.4. The second kappa shape index (κ2) is 6.47. The smallest absolute Gasteiger partial charge is 0.395 e. The largest absolute Gasteiger partial charge is 0.586 e. The number of benzene rings is 1. The Bertz CT molecular complexity index is 698. The molecule has 1 fully saturated rings. The molecule has 3 rings (SSSR count). The van der Waals surface area contributed by atoms with Gasteiger partial charge in [-0.1, -0.05) is 13.0 Å². The number of nitrogens with one attached hydrogen (secondary N) is 3. The lowest BCUT2D eigenvalue weighted by atomic mass is 10.0. The fourth-order valence-corrected chi connectivity index (χ4v) is 2.93. The Hall–Kier alpha value is -2.42. The van der Waals surface area contributed by atoms with Gasteiger partial charge in [-0.2, -0.15) is 0 Å². The van der Waals surface area contributed by atoms with Crippen LogP contribution in [0, 0.1) is 0 Å². The predicted octanol–water partition coefficient (Wildman–Crippen LogP) is 1.40. The molecular formula is C16H19F2N3O4. The molecule has 2 unspecified atom stereocenters. The molecule has 9 heteroatoms. The number of ether oxygens (including phenoxy) is 2. The first-order valence-electron chi connectivity index (χ1n) is 8.03. The number of alkyl halides is 2. The number of amides is 2. The van der Waals surface area contributed by atoms with Crippen LogP contribution in [-0.4, -0.2) is 30.3 Å². The molecule has 2 amide bonds. The number of rotatable bonds is 4. The fraction of sp³-hybridized carbons (Fsp3) is 0.500. The standard InChI is InChI=1S/C16H19F2N3O4/c1-3-10(21-15(23)11-7-14(22)20-8(2)19-11)9-4-5-12-13(6-9)25-16(17,18)24-12/h4-6,8,10-11,19H,3,7H2,1-2H3,(H,20,22)(H,21,23)/t8?,10-,11?/m1/s1. The van der Waals surface area contributed by atoms with Crippen molar-refractivity contribution in [3.05, 3.63) is 23.8 Å². The van der Waals surface area contributed by atoms with Gasteiger partial charge in [-0.3, -0.25) is 14.9 Å². The van der Waals surface area contributed by atoms with E-state index in [4.69, 9.17) is 0 Å². The molecule has 0 aliphatic carbocycles. The van der Waals surface area contributed by atoms with Crippen LogP contribution in [0.15, 0.2) is 18.2 Å². The van der Waals surface area contributed by atoms with Gasteiger partial charge in [0.25, 0.3) is 0 Å². The lowest BCUT2D eigenvalue weighted by molar-refractivity contribution is -0.286. The molecule has 0 aromatic heterocycles. The van der Waals surface area contributed by atoms with E-state index in [-0.39, 0.29) is 35.9 Å². The van der Waals surface area contributed by atoms with E-state index >= 15 is 0 Å². The number of fused-ring (bicyclic) bond motifs is 1. The van der Waals surface area contributed by atoms with Crippen molar-refractivity contribution in [3.63, 3.8) is 0 Å². The van der Waals surface area contributed by atoms with Gasteiger partial charge < -0.3 is 20.1 Å². The van der Waals surface area contributed by atoms with E-state index in [0.29, 0.717) is 12.0 Å². The highest BCUT2D eigenvalue weighted by Gasteiger charge is 2.43. The molecule has 0 saturated carbocycles. The van der Waals surface area contributed by atoms with Crippen LogP contribution in [-0.2, 0) is 9.59 Å². The van der Waals surface area contributed by atoms with Crippen LogP contribution in [0.4, 0.5) is 8.78 Å². The second-order valence-corrected chi connectivity index (χ2v) is 6.06. The highest BCUT2D eigenvalue weighted by atomic mass is 19.3. The molecule has 1 aromatic carbocycles. The van der Waals surface area contributed by atoms with Crippen LogP contribution in [0.1, 0.15) is 38.3 Å². The lowest BCUT2D eigenvalue weighted by Gasteiger charge is -2.30. The maximum Gasteiger partial charge on any atom is 0.586 e. The molecular weight excluding hydrogens is 336 g/mol. The number of halogens is 2. The van der Waals surface area contributed by atoms with Gasteiger partial charge in [0.15, 0.2) is 11.5 Å². The summed E-state index contributed by atoms with van der Waals surface area (Å²) in [6.07, 6.45) is -3.40. The van der Waals surface area contributed by atoms with Crippen LogP contribution in [0.2, 0.25) is 0 Å². The Kier molecular flexibility index (Phi) is 4.51. The van der Waals surface area contributed by atoms with Crippen LogP contribution < -0.4 is 25.4 Å². The van der Waals surface area contributed by atoms with E-state index in [0.717, 1.165) is 0 Å². The summed E-state index contributed by atoms with van der Waals surface area (Å²) in [7, 11) is 0. The number of hydrogen-bond acceptors (Lipinski definition) is 5. The molecule has 25 heavy (non-hydrogen) atoms. The number of carbonyl (C=O) groups is 2. The molecule has 2 aliphatic rings. The molecule has 3 atom stereocenters. The first-order chi connectivity index (χ1) is 11.8. The minimum absolute atomic E-state index is 0.0416. The monoisotopic (exact) mass is 355 g/mol. The summed E-state index contributed by atoms with van der Waals surface area (Å²) in [6.45, 7) is 3.60. The molecule has 7 nitrogen and oxygen atoms in total. The lowest BCUT2D eigenvalue weighted by Crippen LogP contribution is -2.59. The van der Waals surface area contributed by atoms with Crippen molar-refractivity contribution in [2.45, 2.75) is 51.2 Å². The maximum atomic E-state index is 13.1. The topological polar surface area (TPSA) is 88.7 Å². The van der Waals surface area contributed by atoms with Crippen LogP contribution in [0.3, 0.4) is 0 Å². The van der Waals surface area contributed by atoms with Crippen molar-refractivity contribution in [1.29, 1.82) is 0 Å². The maximum absolute atomic E-state index is 13.1. The molecule has 1 saturated heterocycles. The van der Waals surface area contributed by atoms with Crippen molar-refractivity contribution in [2.75, 3.05) is 0 Å². The summed E-state index contributed by atoms with van der Waals surface area (Å²) in [5.41, 5.74) is 0.615. The van der Waals surface area contributed by atoms with Crippen LogP contribution in [0.25, 0.3) is 0 Å². The van der Waals surface area contributed by atoms with Gasteiger partial charge in [0.2, 0.25) is 11.8 Å². The minimum atomic E-state index is -3.68. The molecule has 0 radical (unpaired) electrons. The molecule has 1 aromatic rings. The summed E-state index contributed by atoms with van der Waals surface area (Å²) in [4.78, 5) is 24.0. The molecule has 136 valence electrons. The molecule has 3 N–H and O–H groups in total. The Balaban J connectivity index is 1.71. The van der Waals surface area contributed by atoms with Crippen molar-refractivity contribution in [3.8, 4) is 11.5 Å². The van der Waals surface area contributed by atoms with Gasteiger partial charge in [0.1, 0.15) is 0 Å². The average molecular weight is 355 g/mol. The highest BCUT2D eigenvalue weighted by molar-refractivity contribution is 5.89. The second-order valence-electron chi connectivity index (χ2n) is 6.06. The Labute approximate surface area is 143 Å². The molecule has 2 aliphatic heterocycles. The van der Waals surface area contributed by atoms with Crippen molar-refractivity contribution < 1.29 is 27.8 Å².